The number of hydrogen-bond acceptors (Lipinski definition) is 2. The molecule has 0 spiro atoms. The van der Waals surface area contributed by atoms with Crippen molar-refractivity contribution in [3.63, 3.8) is 0 Å². The molecule has 1 aliphatic rings. The predicted molar refractivity (Wildman–Crippen MR) is 72.0 cm³/mol. The summed E-state index contributed by atoms with van der Waals surface area (Å²) < 4.78 is 1.07. The second-order valence-electron chi connectivity index (χ2n) is 4.55. The van der Waals surface area contributed by atoms with Gasteiger partial charge < -0.3 is 4.90 Å². The summed E-state index contributed by atoms with van der Waals surface area (Å²) in [7, 11) is 0. The minimum atomic E-state index is 0.682. The molecule has 0 bridgehead atoms. The topological polar surface area (TPSA) is 16.1 Å². The Morgan fingerprint density at radius 3 is 3.00 bits per heavy atom. The van der Waals surface area contributed by atoms with Crippen LogP contribution in [-0.2, 0) is 0 Å². The highest BCUT2D eigenvalue weighted by molar-refractivity contribution is 9.10. The van der Waals surface area contributed by atoms with Gasteiger partial charge in [-0.05, 0) is 60.2 Å². The fraction of sp³-hybridized carbons (Fsp3) is 0.615. The smallest absolute Gasteiger partial charge is 0.131 e. The monoisotopic (exact) mass is 282 g/mol. The Balaban J connectivity index is 2.27. The van der Waals surface area contributed by atoms with Gasteiger partial charge in [-0.25, -0.2) is 4.98 Å². The molecule has 0 amide bonds. The molecule has 0 N–H and O–H groups in total. The van der Waals surface area contributed by atoms with Crippen molar-refractivity contribution < 1.29 is 0 Å². The predicted octanol–water partition coefficient (Wildman–Crippen LogP) is 3.92. The number of nitrogens with zero attached hydrogens (tertiary/aromatic N) is 2. The van der Waals surface area contributed by atoms with Crippen molar-refractivity contribution in [2.24, 2.45) is 0 Å². The van der Waals surface area contributed by atoms with Crippen LogP contribution >= 0.6 is 15.9 Å². The molecule has 2 heterocycles. The van der Waals surface area contributed by atoms with Crippen LogP contribution < -0.4 is 4.90 Å². The Bertz CT molecular complexity index is 365. The van der Waals surface area contributed by atoms with Crippen LogP contribution in [0.1, 0.15) is 38.2 Å². The van der Waals surface area contributed by atoms with Gasteiger partial charge in [0.25, 0.3) is 0 Å². The highest BCUT2D eigenvalue weighted by Crippen LogP contribution is 2.28. The molecule has 1 atom stereocenters. The van der Waals surface area contributed by atoms with E-state index >= 15 is 0 Å². The number of pyridine rings is 1. The molecule has 2 nitrogen and oxygen atoms in total. The van der Waals surface area contributed by atoms with E-state index in [4.69, 9.17) is 0 Å². The van der Waals surface area contributed by atoms with Crippen molar-refractivity contribution in [2.75, 3.05) is 11.4 Å². The summed E-state index contributed by atoms with van der Waals surface area (Å²) in [6.45, 7) is 5.58. The molecule has 2 rings (SSSR count). The van der Waals surface area contributed by atoms with E-state index in [2.05, 4.69) is 45.7 Å². The third-order valence-corrected chi connectivity index (χ3v) is 3.82. The number of rotatable bonds is 2. The number of aryl methyl sites for hydroxylation is 1. The van der Waals surface area contributed by atoms with Crippen molar-refractivity contribution >= 4 is 21.7 Å². The fourth-order valence-corrected chi connectivity index (χ4v) is 2.98. The van der Waals surface area contributed by atoms with Crippen LogP contribution in [0.25, 0.3) is 0 Å². The van der Waals surface area contributed by atoms with Gasteiger partial charge in [0, 0.05) is 23.3 Å². The third kappa shape index (κ3) is 2.40. The van der Waals surface area contributed by atoms with Gasteiger partial charge in [0.1, 0.15) is 5.82 Å². The van der Waals surface area contributed by atoms with Crippen LogP contribution in [0, 0.1) is 6.92 Å². The van der Waals surface area contributed by atoms with E-state index in [-0.39, 0.29) is 0 Å². The molecule has 1 fully saturated rings. The standard InChI is InChI=1S/C13H19BrN2/c1-3-12-6-4-5-7-16(12)13-10(2)8-11(14)9-15-13/h8-9,12H,3-7H2,1-2H3/t12-/m0/s1. The van der Waals surface area contributed by atoms with Crippen molar-refractivity contribution in [1.82, 2.24) is 4.98 Å². The van der Waals surface area contributed by atoms with Crippen LogP contribution in [0.3, 0.4) is 0 Å². The molecule has 3 heteroatoms. The minimum absolute atomic E-state index is 0.682. The summed E-state index contributed by atoms with van der Waals surface area (Å²) in [4.78, 5) is 7.07. The molecule has 88 valence electrons. The zero-order valence-electron chi connectivity index (χ0n) is 10.0. The Labute approximate surface area is 106 Å². The highest BCUT2D eigenvalue weighted by atomic mass is 79.9. The van der Waals surface area contributed by atoms with E-state index in [1.165, 1.54) is 37.1 Å². The van der Waals surface area contributed by atoms with E-state index in [0.717, 1.165) is 11.0 Å². The molecule has 0 radical (unpaired) electrons. The van der Waals surface area contributed by atoms with Crippen molar-refractivity contribution in [3.8, 4) is 0 Å². The van der Waals surface area contributed by atoms with Crippen molar-refractivity contribution in [2.45, 2.75) is 45.6 Å². The summed E-state index contributed by atoms with van der Waals surface area (Å²) >= 11 is 3.47. The molecule has 1 aromatic heterocycles. The zero-order valence-corrected chi connectivity index (χ0v) is 11.6. The maximum atomic E-state index is 4.58. The number of aromatic nitrogens is 1. The van der Waals surface area contributed by atoms with Gasteiger partial charge in [-0.2, -0.15) is 0 Å². The Morgan fingerprint density at radius 2 is 2.31 bits per heavy atom. The van der Waals surface area contributed by atoms with E-state index in [0.29, 0.717) is 6.04 Å². The molecule has 1 saturated heterocycles. The molecule has 0 aliphatic carbocycles. The lowest BCUT2D eigenvalue weighted by Crippen LogP contribution is -2.40. The van der Waals surface area contributed by atoms with Crippen LogP contribution in [0.5, 0.6) is 0 Å². The number of hydrogen-bond donors (Lipinski definition) is 0. The number of anilines is 1. The minimum Gasteiger partial charge on any atom is -0.353 e. The third-order valence-electron chi connectivity index (χ3n) is 3.39. The lowest BCUT2D eigenvalue weighted by atomic mass is 9.99. The van der Waals surface area contributed by atoms with E-state index in [1.54, 1.807) is 0 Å². The van der Waals surface area contributed by atoms with Gasteiger partial charge in [-0.1, -0.05) is 6.92 Å². The average molecular weight is 283 g/mol. The van der Waals surface area contributed by atoms with Gasteiger partial charge in [0.2, 0.25) is 0 Å². The Morgan fingerprint density at radius 1 is 1.50 bits per heavy atom. The van der Waals surface area contributed by atoms with Crippen LogP contribution in [0.4, 0.5) is 5.82 Å². The molecule has 0 saturated carbocycles. The van der Waals surface area contributed by atoms with Crippen LogP contribution in [0.2, 0.25) is 0 Å². The maximum absolute atomic E-state index is 4.58. The summed E-state index contributed by atoms with van der Waals surface area (Å²) in [6, 6.07) is 2.84. The second kappa shape index (κ2) is 5.17. The van der Waals surface area contributed by atoms with E-state index in [9.17, 15) is 0 Å². The largest absolute Gasteiger partial charge is 0.353 e. The quantitative estimate of drug-likeness (QED) is 0.817. The second-order valence-corrected chi connectivity index (χ2v) is 5.46. The summed E-state index contributed by atoms with van der Waals surface area (Å²) in [5, 5.41) is 0. The molecule has 1 aliphatic heterocycles. The first-order valence-corrected chi connectivity index (χ1v) is 6.90. The maximum Gasteiger partial charge on any atom is 0.131 e. The van der Waals surface area contributed by atoms with Gasteiger partial charge in [-0.15, -0.1) is 0 Å². The van der Waals surface area contributed by atoms with Gasteiger partial charge in [-0.3, -0.25) is 0 Å². The van der Waals surface area contributed by atoms with E-state index in [1.807, 2.05) is 6.20 Å². The molecular weight excluding hydrogens is 264 g/mol. The first-order valence-electron chi connectivity index (χ1n) is 6.11. The molecule has 1 aromatic rings. The summed E-state index contributed by atoms with van der Waals surface area (Å²) in [5.41, 5.74) is 1.27. The normalized spacial score (nSPS) is 21.2. The van der Waals surface area contributed by atoms with Gasteiger partial charge in [0.05, 0.1) is 0 Å². The molecule has 16 heavy (non-hydrogen) atoms. The van der Waals surface area contributed by atoms with Crippen LogP contribution in [-0.4, -0.2) is 17.6 Å². The fourth-order valence-electron chi connectivity index (χ4n) is 2.54. The van der Waals surface area contributed by atoms with Crippen LogP contribution in [0.15, 0.2) is 16.7 Å². The van der Waals surface area contributed by atoms with Gasteiger partial charge in [0.15, 0.2) is 0 Å². The first-order chi connectivity index (χ1) is 7.72. The SMILES string of the molecule is CC[C@H]1CCCCN1c1ncc(Br)cc1C. The lowest BCUT2D eigenvalue weighted by Gasteiger charge is -2.37. The number of piperidine rings is 1. The zero-order chi connectivity index (χ0) is 11.5. The number of halogens is 1. The van der Waals surface area contributed by atoms with Gasteiger partial charge >= 0.3 is 0 Å². The van der Waals surface area contributed by atoms with Crippen molar-refractivity contribution in [3.05, 3.63) is 22.3 Å². The van der Waals surface area contributed by atoms with Crippen molar-refractivity contribution in [1.29, 1.82) is 0 Å². The highest BCUT2D eigenvalue weighted by Gasteiger charge is 2.22. The Kier molecular flexibility index (Phi) is 3.85. The molecule has 0 unspecified atom stereocenters. The first kappa shape index (κ1) is 11.9. The summed E-state index contributed by atoms with van der Waals surface area (Å²) in [5.74, 6) is 1.18. The molecule has 0 aromatic carbocycles. The lowest BCUT2D eigenvalue weighted by molar-refractivity contribution is 0.446. The van der Waals surface area contributed by atoms with E-state index < -0.39 is 0 Å². The Hall–Kier alpha value is -0.570. The average Bonchev–Trinajstić information content (AvgIpc) is 2.29. The summed E-state index contributed by atoms with van der Waals surface area (Å²) in [6.07, 6.45) is 7.10. The molecular formula is C13H19BrN2.